The van der Waals surface area contributed by atoms with Gasteiger partial charge in [-0.2, -0.15) is 0 Å². The van der Waals surface area contributed by atoms with E-state index >= 15 is 0 Å². The molecule has 0 aliphatic heterocycles. The normalized spacial score (nSPS) is 11.9. The maximum atomic E-state index is 11.9. The first-order valence-electron chi connectivity index (χ1n) is 7.46. The van der Waals surface area contributed by atoms with Crippen LogP contribution in [0.25, 0.3) is 10.9 Å². The van der Waals surface area contributed by atoms with E-state index in [1.54, 1.807) is 31.2 Å². The van der Waals surface area contributed by atoms with E-state index < -0.39 is 12.1 Å². The standard InChI is InChI=1S/C16H19N3O4/c1-3-17-15(21)10(2)23-14(20)9-8-13-18-12-7-5-4-6-11(12)16(22)19-13/h4-7,10H,3,8-9H2,1-2H3,(H,17,21)(H,18,19,22)/t10-/m1/s1. The fourth-order valence-corrected chi connectivity index (χ4v) is 2.10. The number of aromatic amines is 1. The summed E-state index contributed by atoms with van der Waals surface area (Å²) in [5.74, 6) is -0.436. The Hall–Kier alpha value is -2.70. The first-order chi connectivity index (χ1) is 11.0. The highest BCUT2D eigenvalue weighted by atomic mass is 16.5. The number of para-hydroxylation sites is 1. The van der Waals surface area contributed by atoms with Crippen LogP contribution in [-0.4, -0.2) is 34.5 Å². The molecule has 2 N–H and O–H groups in total. The molecule has 2 aromatic rings. The molecule has 1 heterocycles. The lowest BCUT2D eigenvalue weighted by molar-refractivity contribution is -0.154. The molecule has 0 aliphatic carbocycles. The molecule has 7 heteroatoms. The predicted octanol–water partition coefficient (Wildman–Crippen LogP) is 0.923. The number of nitrogens with zero attached hydrogens (tertiary/aromatic N) is 1. The van der Waals surface area contributed by atoms with Crippen LogP contribution in [0.15, 0.2) is 29.1 Å². The van der Waals surface area contributed by atoms with E-state index in [2.05, 4.69) is 15.3 Å². The van der Waals surface area contributed by atoms with Gasteiger partial charge in [0, 0.05) is 13.0 Å². The monoisotopic (exact) mass is 317 g/mol. The van der Waals surface area contributed by atoms with E-state index in [1.807, 2.05) is 0 Å². The third-order valence-corrected chi connectivity index (χ3v) is 3.26. The summed E-state index contributed by atoms with van der Waals surface area (Å²) in [7, 11) is 0. The number of amides is 1. The molecule has 1 aromatic carbocycles. The Kier molecular flexibility index (Phi) is 5.46. The van der Waals surface area contributed by atoms with Crippen LogP contribution in [-0.2, 0) is 20.7 Å². The molecule has 1 aromatic heterocycles. The van der Waals surface area contributed by atoms with Crippen LogP contribution in [0.5, 0.6) is 0 Å². The number of likely N-dealkylation sites (N-methyl/N-ethyl adjacent to an activating group) is 1. The smallest absolute Gasteiger partial charge is 0.307 e. The van der Waals surface area contributed by atoms with Gasteiger partial charge in [0.05, 0.1) is 17.3 Å². The molecule has 0 unspecified atom stereocenters. The molecule has 0 radical (unpaired) electrons. The van der Waals surface area contributed by atoms with Crippen molar-refractivity contribution in [3.63, 3.8) is 0 Å². The zero-order valence-electron chi connectivity index (χ0n) is 13.1. The lowest BCUT2D eigenvalue weighted by atomic mass is 10.2. The molecule has 23 heavy (non-hydrogen) atoms. The Morgan fingerprint density at radius 3 is 2.83 bits per heavy atom. The van der Waals surface area contributed by atoms with Crippen LogP contribution in [0.4, 0.5) is 0 Å². The van der Waals surface area contributed by atoms with Crippen molar-refractivity contribution in [2.45, 2.75) is 32.8 Å². The van der Waals surface area contributed by atoms with Gasteiger partial charge in [-0.25, -0.2) is 4.98 Å². The number of aryl methyl sites for hydroxylation is 1. The summed E-state index contributed by atoms with van der Waals surface area (Å²) < 4.78 is 5.03. The van der Waals surface area contributed by atoms with Gasteiger partial charge >= 0.3 is 5.97 Å². The molecule has 0 saturated heterocycles. The highest BCUT2D eigenvalue weighted by Crippen LogP contribution is 2.07. The largest absolute Gasteiger partial charge is 0.453 e. The number of hydrogen-bond acceptors (Lipinski definition) is 5. The highest BCUT2D eigenvalue weighted by molar-refractivity contribution is 5.83. The van der Waals surface area contributed by atoms with Crippen molar-refractivity contribution in [1.29, 1.82) is 0 Å². The molecule has 122 valence electrons. The molecule has 2 rings (SSSR count). The first kappa shape index (κ1) is 16.7. The minimum absolute atomic E-state index is 0.0328. The minimum atomic E-state index is -0.842. The van der Waals surface area contributed by atoms with E-state index in [9.17, 15) is 14.4 Å². The second kappa shape index (κ2) is 7.53. The number of nitrogens with one attached hydrogen (secondary N) is 2. The van der Waals surface area contributed by atoms with Crippen LogP contribution in [0.1, 0.15) is 26.1 Å². The molecular formula is C16H19N3O4. The molecular weight excluding hydrogens is 298 g/mol. The van der Waals surface area contributed by atoms with Crippen molar-refractivity contribution in [2.75, 3.05) is 6.54 Å². The summed E-state index contributed by atoms with van der Waals surface area (Å²) in [4.78, 5) is 42.1. The number of ether oxygens (including phenoxy) is 1. The van der Waals surface area contributed by atoms with Crippen molar-refractivity contribution in [1.82, 2.24) is 15.3 Å². The Bertz CT molecular complexity index is 769. The lowest BCUT2D eigenvalue weighted by Crippen LogP contribution is -2.35. The van der Waals surface area contributed by atoms with E-state index in [-0.39, 0.29) is 24.3 Å². The number of hydrogen-bond donors (Lipinski definition) is 2. The quantitative estimate of drug-likeness (QED) is 0.772. The van der Waals surface area contributed by atoms with Crippen LogP contribution in [0.2, 0.25) is 0 Å². The molecule has 1 amide bonds. The number of fused-ring (bicyclic) bond motifs is 1. The molecule has 0 spiro atoms. The van der Waals surface area contributed by atoms with Gasteiger partial charge in [0.2, 0.25) is 0 Å². The second-order valence-electron chi connectivity index (χ2n) is 5.06. The fourth-order valence-electron chi connectivity index (χ4n) is 2.10. The van der Waals surface area contributed by atoms with Crippen molar-refractivity contribution in [3.05, 3.63) is 40.4 Å². The minimum Gasteiger partial charge on any atom is -0.453 e. The van der Waals surface area contributed by atoms with Gasteiger partial charge < -0.3 is 15.0 Å². The Labute approximate surface area is 133 Å². The van der Waals surface area contributed by atoms with Crippen LogP contribution >= 0.6 is 0 Å². The number of carbonyl (C=O) groups excluding carboxylic acids is 2. The van der Waals surface area contributed by atoms with E-state index in [0.29, 0.717) is 23.3 Å². The van der Waals surface area contributed by atoms with Gasteiger partial charge in [-0.05, 0) is 26.0 Å². The SMILES string of the molecule is CCNC(=O)[C@@H](C)OC(=O)CCc1nc2ccccc2c(=O)[nH]1. The van der Waals surface area contributed by atoms with Crippen molar-refractivity contribution in [2.24, 2.45) is 0 Å². The molecule has 0 saturated carbocycles. The summed E-state index contributed by atoms with van der Waals surface area (Å²) in [6.07, 6.45) is -0.572. The van der Waals surface area contributed by atoms with Crippen molar-refractivity contribution < 1.29 is 14.3 Å². The maximum absolute atomic E-state index is 11.9. The number of esters is 1. The number of H-pyrrole nitrogens is 1. The number of benzene rings is 1. The fraction of sp³-hybridized carbons (Fsp3) is 0.375. The first-order valence-corrected chi connectivity index (χ1v) is 7.46. The average Bonchev–Trinajstić information content (AvgIpc) is 2.53. The van der Waals surface area contributed by atoms with Gasteiger partial charge in [0.1, 0.15) is 5.82 Å². The number of rotatable bonds is 6. The Morgan fingerprint density at radius 1 is 1.35 bits per heavy atom. The van der Waals surface area contributed by atoms with E-state index in [0.717, 1.165) is 0 Å². The Morgan fingerprint density at radius 2 is 2.09 bits per heavy atom. The highest BCUT2D eigenvalue weighted by Gasteiger charge is 2.17. The molecule has 1 atom stereocenters. The van der Waals surface area contributed by atoms with Gasteiger partial charge in [0.15, 0.2) is 6.10 Å². The molecule has 0 fully saturated rings. The number of aromatic nitrogens is 2. The summed E-state index contributed by atoms with van der Waals surface area (Å²) in [5.41, 5.74) is 0.338. The van der Waals surface area contributed by atoms with Crippen molar-refractivity contribution >= 4 is 22.8 Å². The summed E-state index contributed by atoms with van der Waals surface area (Å²) >= 11 is 0. The lowest BCUT2D eigenvalue weighted by Gasteiger charge is -2.12. The number of carbonyl (C=O) groups is 2. The maximum Gasteiger partial charge on any atom is 0.307 e. The predicted molar refractivity (Wildman–Crippen MR) is 84.9 cm³/mol. The van der Waals surface area contributed by atoms with Gasteiger partial charge in [-0.15, -0.1) is 0 Å². The van der Waals surface area contributed by atoms with Crippen LogP contribution in [0.3, 0.4) is 0 Å². The van der Waals surface area contributed by atoms with E-state index in [1.165, 1.54) is 6.92 Å². The summed E-state index contributed by atoms with van der Waals surface area (Å²) in [5, 5.41) is 3.08. The van der Waals surface area contributed by atoms with Crippen LogP contribution < -0.4 is 10.9 Å². The molecule has 7 nitrogen and oxygen atoms in total. The zero-order chi connectivity index (χ0) is 16.8. The third kappa shape index (κ3) is 4.38. The molecule has 0 bridgehead atoms. The van der Waals surface area contributed by atoms with E-state index in [4.69, 9.17) is 4.74 Å². The van der Waals surface area contributed by atoms with Crippen LogP contribution in [0, 0.1) is 0 Å². The van der Waals surface area contributed by atoms with Gasteiger partial charge in [-0.1, -0.05) is 12.1 Å². The molecule has 0 aliphatic rings. The topological polar surface area (TPSA) is 101 Å². The van der Waals surface area contributed by atoms with Crippen molar-refractivity contribution in [3.8, 4) is 0 Å². The summed E-state index contributed by atoms with van der Waals surface area (Å²) in [6, 6.07) is 6.98. The van der Waals surface area contributed by atoms with Gasteiger partial charge in [0.25, 0.3) is 11.5 Å². The summed E-state index contributed by atoms with van der Waals surface area (Å²) in [6.45, 7) is 3.77. The Balaban J connectivity index is 1.97. The average molecular weight is 317 g/mol. The zero-order valence-corrected chi connectivity index (χ0v) is 13.1. The third-order valence-electron chi connectivity index (χ3n) is 3.26. The van der Waals surface area contributed by atoms with Gasteiger partial charge in [-0.3, -0.25) is 14.4 Å². The second-order valence-corrected chi connectivity index (χ2v) is 5.06.